The molecule has 2 unspecified atom stereocenters. The minimum absolute atomic E-state index is 0.118. The lowest BCUT2D eigenvalue weighted by atomic mass is 10.0. The van der Waals surface area contributed by atoms with Crippen LogP contribution in [0.25, 0.3) is 0 Å². The molecule has 0 aromatic heterocycles. The van der Waals surface area contributed by atoms with Crippen LogP contribution in [0.3, 0.4) is 0 Å². The third kappa shape index (κ3) is 6.44. The summed E-state index contributed by atoms with van der Waals surface area (Å²) in [4.78, 5) is 15.0. The van der Waals surface area contributed by atoms with Crippen LogP contribution in [0.2, 0.25) is 10.0 Å². The van der Waals surface area contributed by atoms with E-state index in [1.54, 1.807) is 30.3 Å². The van der Waals surface area contributed by atoms with Gasteiger partial charge in [-0.15, -0.1) is 0 Å². The summed E-state index contributed by atoms with van der Waals surface area (Å²) in [6.45, 7) is 3.58. The van der Waals surface area contributed by atoms with Crippen LogP contribution in [-0.4, -0.2) is 61.4 Å². The highest BCUT2D eigenvalue weighted by Gasteiger charge is 2.27. The van der Waals surface area contributed by atoms with Crippen LogP contribution in [0, 0.1) is 0 Å². The number of hydrogen-bond donors (Lipinski definition) is 2. The lowest BCUT2D eigenvalue weighted by Gasteiger charge is -2.29. The van der Waals surface area contributed by atoms with Gasteiger partial charge in [0.1, 0.15) is 25.1 Å². The predicted octanol–water partition coefficient (Wildman–Crippen LogP) is 3.85. The van der Waals surface area contributed by atoms with E-state index in [-0.39, 0.29) is 18.9 Å². The zero-order valence-electron chi connectivity index (χ0n) is 18.3. The van der Waals surface area contributed by atoms with E-state index >= 15 is 0 Å². The minimum Gasteiger partial charge on any atom is -0.491 e. The molecule has 2 aliphatic heterocycles. The summed E-state index contributed by atoms with van der Waals surface area (Å²) in [6, 6.07) is 9.85. The summed E-state index contributed by atoms with van der Waals surface area (Å²) in [6.07, 6.45) is 1.46. The number of carbonyl (C=O) groups is 1. The molecule has 0 radical (unpaired) electrons. The first-order valence-electron chi connectivity index (χ1n) is 11.2. The summed E-state index contributed by atoms with van der Waals surface area (Å²) in [5.74, 6) is 1.49. The molecule has 2 aliphatic rings. The van der Waals surface area contributed by atoms with Crippen molar-refractivity contribution >= 4 is 29.1 Å². The first-order valence-corrected chi connectivity index (χ1v) is 11.9. The molecule has 1 amide bonds. The average molecular weight is 495 g/mol. The standard InChI is InChI=1S/C24H28Cl2N2O5/c25-17-4-5-18(26)21(14-17)31-10-7-23(29)27-19(15-28-8-1-2-9-28)24(30)16-3-6-20-22(13-16)33-12-11-32-20/h3-6,13-14,19,24,30H,1-2,7-12,15H2,(H,27,29). The maximum absolute atomic E-state index is 12.7. The van der Waals surface area contributed by atoms with E-state index in [1.807, 2.05) is 6.07 Å². The van der Waals surface area contributed by atoms with Crippen molar-refractivity contribution in [2.75, 3.05) is 39.5 Å². The number of nitrogens with one attached hydrogen (secondary N) is 1. The first-order chi connectivity index (χ1) is 16.0. The highest BCUT2D eigenvalue weighted by molar-refractivity contribution is 6.34. The van der Waals surface area contributed by atoms with Gasteiger partial charge in [-0.3, -0.25) is 4.79 Å². The Morgan fingerprint density at radius 1 is 1.09 bits per heavy atom. The van der Waals surface area contributed by atoms with Gasteiger partial charge in [0, 0.05) is 17.6 Å². The van der Waals surface area contributed by atoms with Crippen molar-refractivity contribution in [3.63, 3.8) is 0 Å². The summed E-state index contributed by atoms with van der Waals surface area (Å²) in [5, 5.41) is 15.1. The molecular weight excluding hydrogens is 467 g/mol. The molecule has 2 atom stereocenters. The molecule has 0 saturated carbocycles. The Balaban J connectivity index is 1.39. The number of fused-ring (bicyclic) bond motifs is 1. The van der Waals surface area contributed by atoms with Crippen molar-refractivity contribution in [1.29, 1.82) is 0 Å². The Kier molecular flexibility index (Phi) is 8.20. The highest BCUT2D eigenvalue weighted by atomic mass is 35.5. The van der Waals surface area contributed by atoms with Crippen molar-refractivity contribution in [1.82, 2.24) is 10.2 Å². The van der Waals surface area contributed by atoms with E-state index < -0.39 is 12.1 Å². The Morgan fingerprint density at radius 3 is 2.64 bits per heavy atom. The molecule has 2 aromatic carbocycles. The summed E-state index contributed by atoms with van der Waals surface area (Å²) >= 11 is 12.1. The third-order valence-electron chi connectivity index (χ3n) is 5.77. The Bertz CT molecular complexity index is 968. The zero-order valence-corrected chi connectivity index (χ0v) is 19.8. The number of nitrogens with zero attached hydrogens (tertiary/aromatic N) is 1. The average Bonchev–Trinajstić information content (AvgIpc) is 3.33. The van der Waals surface area contributed by atoms with Crippen LogP contribution >= 0.6 is 23.2 Å². The lowest BCUT2D eigenvalue weighted by Crippen LogP contribution is -2.47. The lowest BCUT2D eigenvalue weighted by molar-refractivity contribution is -0.123. The van der Waals surface area contributed by atoms with Crippen LogP contribution in [0.1, 0.15) is 30.9 Å². The number of hydrogen-bond acceptors (Lipinski definition) is 6. The molecule has 33 heavy (non-hydrogen) atoms. The molecule has 178 valence electrons. The summed E-state index contributed by atoms with van der Waals surface area (Å²) in [7, 11) is 0. The van der Waals surface area contributed by atoms with Gasteiger partial charge in [-0.2, -0.15) is 0 Å². The van der Waals surface area contributed by atoms with E-state index in [4.69, 9.17) is 37.4 Å². The fourth-order valence-electron chi connectivity index (χ4n) is 4.06. The largest absolute Gasteiger partial charge is 0.491 e. The summed E-state index contributed by atoms with van der Waals surface area (Å²) in [5.41, 5.74) is 0.672. The second-order valence-corrected chi connectivity index (χ2v) is 9.05. The molecule has 0 bridgehead atoms. The molecule has 2 aromatic rings. The van der Waals surface area contributed by atoms with Crippen LogP contribution in [0.5, 0.6) is 17.2 Å². The smallest absolute Gasteiger partial charge is 0.223 e. The van der Waals surface area contributed by atoms with Crippen LogP contribution in [-0.2, 0) is 4.79 Å². The quantitative estimate of drug-likeness (QED) is 0.551. The van der Waals surface area contributed by atoms with E-state index in [1.165, 1.54) is 0 Å². The van der Waals surface area contributed by atoms with Gasteiger partial charge in [0.05, 0.1) is 24.1 Å². The van der Waals surface area contributed by atoms with E-state index in [0.717, 1.165) is 25.9 Å². The number of ether oxygens (including phenoxy) is 3. The molecule has 0 spiro atoms. The van der Waals surface area contributed by atoms with Gasteiger partial charge in [-0.25, -0.2) is 0 Å². The fraction of sp³-hybridized carbons (Fsp3) is 0.458. The number of likely N-dealkylation sites (tertiary alicyclic amines) is 1. The Morgan fingerprint density at radius 2 is 1.85 bits per heavy atom. The topological polar surface area (TPSA) is 80.3 Å². The van der Waals surface area contributed by atoms with Gasteiger partial charge >= 0.3 is 0 Å². The van der Waals surface area contributed by atoms with Gasteiger partial charge in [0.15, 0.2) is 11.5 Å². The van der Waals surface area contributed by atoms with E-state index in [9.17, 15) is 9.90 Å². The fourth-order valence-corrected chi connectivity index (χ4v) is 4.40. The number of halogens is 2. The van der Waals surface area contributed by atoms with Crippen LogP contribution in [0.4, 0.5) is 0 Å². The van der Waals surface area contributed by atoms with Gasteiger partial charge < -0.3 is 29.5 Å². The number of aliphatic hydroxyl groups is 1. The number of benzene rings is 2. The highest BCUT2D eigenvalue weighted by Crippen LogP contribution is 2.33. The Labute approximate surface area is 203 Å². The van der Waals surface area contributed by atoms with Crippen molar-refractivity contribution in [2.45, 2.75) is 31.4 Å². The minimum atomic E-state index is -0.895. The van der Waals surface area contributed by atoms with Gasteiger partial charge in [-0.1, -0.05) is 29.3 Å². The van der Waals surface area contributed by atoms with Crippen molar-refractivity contribution in [3.8, 4) is 17.2 Å². The summed E-state index contributed by atoms with van der Waals surface area (Å²) < 4.78 is 16.9. The molecule has 0 aliphatic carbocycles. The molecule has 1 fully saturated rings. The number of carbonyl (C=O) groups excluding carboxylic acids is 1. The van der Waals surface area contributed by atoms with E-state index in [2.05, 4.69) is 10.2 Å². The second-order valence-electron chi connectivity index (χ2n) is 8.20. The van der Waals surface area contributed by atoms with Crippen molar-refractivity contribution in [3.05, 3.63) is 52.0 Å². The molecule has 7 nitrogen and oxygen atoms in total. The normalized spacial score (nSPS) is 17.4. The first kappa shape index (κ1) is 24.0. The van der Waals surface area contributed by atoms with Crippen molar-refractivity contribution < 1.29 is 24.1 Å². The third-order valence-corrected chi connectivity index (χ3v) is 6.32. The van der Waals surface area contributed by atoms with Crippen molar-refractivity contribution in [2.24, 2.45) is 0 Å². The Hall–Kier alpha value is -2.19. The van der Waals surface area contributed by atoms with Crippen LogP contribution < -0.4 is 19.5 Å². The number of rotatable bonds is 9. The van der Waals surface area contributed by atoms with Gasteiger partial charge in [0.2, 0.25) is 5.91 Å². The zero-order chi connectivity index (χ0) is 23.2. The molecule has 1 saturated heterocycles. The predicted molar refractivity (Wildman–Crippen MR) is 127 cm³/mol. The molecular formula is C24H28Cl2N2O5. The molecule has 9 heteroatoms. The van der Waals surface area contributed by atoms with Gasteiger partial charge in [0.25, 0.3) is 0 Å². The SMILES string of the molecule is O=C(CCOc1cc(Cl)ccc1Cl)NC(CN1CCCC1)C(O)c1ccc2c(c1)OCCO2. The van der Waals surface area contributed by atoms with E-state index in [0.29, 0.717) is 52.6 Å². The van der Waals surface area contributed by atoms with Crippen LogP contribution in [0.15, 0.2) is 36.4 Å². The monoisotopic (exact) mass is 494 g/mol. The number of amides is 1. The maximum Gasteiger partial charge on any atom is 0.223 e. The van der Waals surface area contributed by atoms with Gasteiger partial charge in [-0.05, 0) is 55.8 Å². The maximum atomic E-state index is 12.7. The second kappa shape index (κ2) is 11.3. The molecule has 4 rings (SSSR count). The number of aliphatic hydroxyl groups excluding tert-OH is 1. The molecule has 2 heterocycles. The molecule has 2 N–H and O–H groups in total.